The van der Waals surface area contributed by atoms with Crippen molar-refractivity contribution in [3.05, 3.63) is 22.2 Å². The summed E-state index contributed by atoms with van der Waals surface area (Å²) in [5.74, 6) is 0.322. The van der Waals surface area contributed by atoms with Crippen LogP contribution in [0.1, 0.15) is 39.5 Å². The summed E-state index contributed by atoms with van der Waals surface area (Å²) in [5, 5.41) is 0.254. The third-order valence-electron chi connectivity index (χ3n) is 3.45. The summed E-state index contributed by atoms with van der Waals surface area (Å²) in [7, 11) is -3.68. The lowest BCUT2D eigenvalue weighted by molar-refractivity contribution is 0.444. The number of rotatable bonds is 8. The van der Waals surface area contributed by atoms with E-state index in [1.165, 1.54) is 12.1 Å². The van der Waals surface area contributed by atoms with Crippen molar-refractivity contribution in [2.75, 3.05) is 12.3 Å². The first kappa shape index (κ1) is 18.6. The monoisotopic (exact) mass is 352 g/mol. The van der Waals surface area contributed by atoms with Crippen molar-refractivity contribution in [2.24, 2.45) is 5.92 Å². The molecular formula is C14H22Cl2N2O2S. The minimum atomic E-state index is -3.68. The van der Waals surface area contributed by atoms with E-state index in [9.17, 15) is 8.42 Å². The number of nitrogen functional groups attached to an aromatic ring is 1. The Kier molecular flexibility index (Phi) is 7.27. The lowest BCUT2D eigenvalue weighted by atomic mass is 10.00. The van der Waals surface area contributed by atoms with Gasteiger partial charge >= 0.3 is 0 Å². The summed E-state index contributed by atoms with van der Waals surface area (Å²) in [6.45, 7) is 4.58. The van der Waals surface area contributed by atoms with E-state index in [1.807, 2.05) is 0 Å². The maximum absolute atomic E-state index is 12.3. The smallest absolute Gasteiger partial charge is 0.242 e. The van der Waals surface area contributed by atoms with Gasteiger partial charge in [-0.15, -0.1) is 0 Å². The number of nitrogens with two attached hydrogens (primary N) is 1. The van der Waals surface area contributed by atoms with Crippen molar-refractivity contribution in [2.45, 2.75) is 44.4 Å². The van der Waals surface area contributed by atoms with Gasteiger partial charge in [-0.25, -0.2) is 13.1 Å². The first-order valence-electron chi connectivity index (χ1n) is 7.06. The molecule has 0 radical (unpaired) electrons. The number of halogens is 2. The molecule has 0 aliphatic heterocycles. The molecule has 1 rings (SSSR count). The van der Waals surface area contributed by atoms with Crippen LogP contribution in [0.5, 0.6) is 0 Å². The summed E-state index contributed by atoms with van der Waals surface area (Å²) in [5.41, 5.74) is 5.86. The first-order valence-corrected chi connectivity index (χ1v) is 9.29. The Morgan fingerprint density at radius 3 is 2.48 bits per heavy atom. The highest BCUT2D eigenvalue weighted by Crippen LogP contribution is 2.30. The predicted octanol–water partition coefficient (Wildman–Crippen LogP) is 4.07. The van der Waals surface area contributed by atoms with Crippen LogP contribution in [-0.2, 0) is 10.0 Å². The fourth-order valence-corrected chi connectivity index (χ4v) is 3.90. The average molecular weight is 353 g/mol. The van der Waals surface area contributed by atoms with Crippen LogP contribution in [0.3, 0.4) is 0 Å². The van der Waals surface area contributed by atoms with Crippen LogP contribution in [0.4, 0.5) is 5.69 Å². The number of anilines is 1. The first-order chi connectivity index (χ1) is 9.81. The van der Waals surface area contributed by atoms with Crippen LogP contribution >= 0.6 is 23.2 Å². The van der Waals surface area contributed by atoms with Gasteiger partial charge in [0, 0.05) is 6.54 Å². The molecule has 1 unspecified atom stereocenters. The van der Waals surface area contributed by atoms with Gasteiger partial charge in [-0.3, -0.25) is 0 Å². The van der Waals surface area contributed by atoms with Crippen LogP contribution in [0.15, 0.2) is 17.0 Å². The highest BCUT2D eigenvalue weighted by atomic mass is 35.5. The van der Waals surface area contributed by atoms with E-state index in [4.69, 9.17) is 28.9 Å². The number of hydrogen-bond acceptors (Lipinski definition) is 3. The molecule has 0 fully saturated rings. The van der Waals surface area contributed by atoms with E-state index in [-0.39, 0.29) is 20.6 Å². The van der Waals surface area contributed by atoms with Crippen LogP contribution < -0.4 is 10.5 Å². The molecule has 3 N–H and O–H groups in total. The molecular weight excluding hydrogens is 331 g/mol. The van der Waals surface area contributed by atoms with Crippen LogP contribution in [-0.4, -0.2) is 15.0 Å². The Hall–Kier alpha value is -0.490. The van der Waals surface area contributed by atoms with Crippen molar-refractivity contribution >= 4 is 38.9 Å². The molecule has 1 aromatic carbocycles. The van der Waals surface area contributed by atoms with Gasteiger partial charge in [-0.2, -0.15) is 0 Å². The Labute approximate surface area is 137 Å². The van der Waals surface area contributed by atoms with Gasteiger partial charge in [-0.1, -0.05) is 56.3 Å². The Balaban J connectivity index is 2.84. The standard InChI is InChI=1S/C14H22Cl2N2O2S/c1-3-5-6-10(4-2)9-18-21(19,20)14-8-11(15)13(17)7-12(14)16/h7-8,10,18H,3-6,9,17H2,1-2H3. The molecule has 0 amide bonds. The highest BCUT2D eigenvalue weighted by Gasteiger charge is 2.20. The molecule has 21 heavy (non-hydrogen) atoms. The summed E-state index contributed by atoms with van der Waals surface area (Å²) in [6.07, 6.45) is 4.13. The molecule has 0 saturated carbocycles. The normalized spacial score (nSPS) is 13.3. The maximum Gasteiger partial charge on any atom is 0.242 e. The molecule has 0 spiro atoms. The number of sulfonamides is 1. The quantitative estimate of drug-likeness (QED) is 0.692. The Morgan fingerprint density at radius 2 is 1.90 bits per heavy atom. The SMILES string of the molecule is CCCCC(CC)CNS(=O)(=O)c1cc(Cl)c(N)cc1Cl. The number of hydrogen-bond donors (Lipinski definition) is 2. The lowest BCUT2D eigenvalue weighted by Gasteiger charge is -2.16. The molecule has 1 atom stereocenters. The Morgan fingerprint density at radius 1 is 1.24 bits per heavy atom. The zero-order valence-corrected chi connectivity index (χ0v) is 14.7. The van der Waals surface area contributed by atoms with E-state index < -0.39 is 10.0 Å². The predicted molar refractivity (Wildman–Crippen MR) is 89.4 cm³/mol. The second kappa shape index (κ2) is 8.22. The molecule has 7 heteroatoms. The molecule has 0 bridgehead atoms. The average Bonchev–Trinajstić information content (AvgIpc) is 2.43. The van der Waals surface area contributed by atoms with Crippen LogP contribution in [0.2, 0.25) is 10.0 Å². The van der Waals surface area contributed by atoms with E-state index in [1.54, 1.807) is 0 Å². The van der Waals surface area contributed by atoms with Crippen molar-refractivity contribution in [1.82, 2.24) is 4.72 Å². The third-order valence-corrected chi connectivity index (χ3v) is 5.66. The number of nitrogens with one attached hydrogen (secondary N) is 1. The summed E-state index contributed by atoms with van der Waals surface area (Å²) >= 11 is 11.8. The van der Waals surface area contributed by atoms with Gasteiger partial charge in [0.25, 0.3) is 0 Å². The Bertz CT molecular complexity index is 577. The third kappa shape index (κ3) is 5.33. The largest absolute Gasteiger partial charge is 0.397 e. The van der Waals surface area contributed by atoms with E-state index >= 15 is 0 Å². The molecule has 1 aromatic rings. The van der Waals surface area contributed by atoms with Gasteiger partial charge < -0.3 is 5.73 Å². The van der Waals surface area contributed by atoms with E-state index in [2.05, 4.69) is 18.6 Å². The minimum Gasteiger partial charge on any atom is -0.397 e. The second-order valence-electron chi connectivity index (χ2n) is 5.07. The van der Waals surface area contributed by atoms with Gasteiger partial charge in [0.2, 0.25) is 10.0 Å². The molecule has 0 saturated heterocycles. The van der Waals surface area contributed by atoms with E-state index in [0.29, 0.717) is 12.5 Å². The molecule has 0 heterocycles. The lowest BCUT2D eigenvalue weighted by Crippen LogP contribution is -2.29. The molecule has 0 aromatic heterocycles. The molecule has 0 aliphatic carbocycles. The maximum atomic E-state index is 12.3. The second-order valence-corrected chi connectivity index (χ2v) is 7.62. The molecule has 0 aliphatic rings. The summed E-state index contributed by atoms with van der Waals surface area (Å²) < 4.78 is 27.2. The van der Waals surface area contributed by atoms with Gasteiger partial charge in [0.05, 0.1) is 15.7 Å². The van der Waals surface area contributed by atoms with Crippen LogP contribution in [0, 0.1) is 5.92 Å². The number of benzene rings is 1. The summed E-state index contributed by atoms with van der Waals surface area (Å²) in [4.78, 5) is -0.0336. The fourth-order valence-electron chi connectivity index (χ4n) is 2.00. The topological polar surface area (TPSA) is 72.2 Å². The van der Waals surface area contributed by atoms with Crippen molar-refractivity contribution in [1.29, 1.82) is 0 Å². The zero-order chi connectivity index (χ0) is 16.0. The van der Waals surface area contributed by atoms with E-state index in [0.717, 1.165) is 25.7 Å². The van der Waals surface area contributed by atoms with Gasteiger partial charge in [-0.05, 0) is 24.5 Å². The van der Waals surface area contributed by atoms with Crippen molar-refractivity contribution in [3.8, 4) is 0 Å². The minimum absolute atomic E-state index is 0.0336. The van der Waals surface area contributed by atoms with Crippen LogP contribution in [0.25, 0.3) is 0 Å². The molecule has 120 valence electrons. The summed E-state index contributed by atoms with van der Waals surface area (Å²) in [6, 6.07) is 2.64. The molecule has 4 nitrogen and oxygen atoms in total. The van der Waals surface area contributed by atoms with Gasteiger partial charge in [0.1, 0.15) is 4.90 Å². The fraction of sp³-hybridized carbons (Fsp3) is 0.571. The van der Waals surface area contributed by atoms with Gasteiger partial charge in [0.15, 0.2) is 0 Å². The zero-order valence-electron chi connectivity index (χ0n) is 12.3. The van der Waals surface area contributed by atoms with Crippen molar-refractivity contribution in [3.63, 3.8) is 0 Å². The number of unbranched alkanes of at least 4 members (excludes halogenated alkanes) is 1. The highest BCUT2D eigenvalue weighted by molar-refractivity contribution is 7.89. The van der Waals surface area contributed by atoms with Crippen molar-refractivity contribution < 1.29 is 8.42 Å².